The number of nitrogens with two attached hydrogens (primary N) is 1. The Morgan fingerprint density at radius 1 is 0.844 bits per heavy atom. The lowest BCUT2D eigenvalue weighted by Crippen LogP contribution is -2.45. The monoisotopic (exact) mass is 1070 g/mol. The number of halogens is 2. The molecular weight excluding hydrogens is 997 g/mol. The van der Waals surface area contributed by atoms with Gasteiger partial charge in [-0.15, -0.1) is 0 Å². The Bertz CT molecular complexity index is 2710. The second-order valence-electron chi connectivity index (χ2n) is 20.3. The van der Waals surface area contributed by atoms with Crippen LogP contribution in [-0.4, -0.2) is 111 Å². The number of carbonyl (C=O) groups excluding carboxylic acids is 8. The minimum atomic E-state index is -0.875. The number of aliphatic hydroxyl groups is 1. The van der Waals surface area contributed by atoms with E-state index in [1.807, 2.05) is 51.1 Å². The summed E-state index contributed by atoms with van der Waals surface area (Å²) < 4.78 is 36.7. The van der Waals surface area contributed by atoms with E-state index in [4.69, 9.17) is 15.5 Å². The molecule has 3 atom stereocenters. The predicted molar refractivity (Wildman–Crippen MR) is 283 cm³/mol. The largest absolute Gasteiger partial charge is 0.445 e. The molecule has 0 bridgehead atoms. The average molecular weight is 1070 g/mol. The smallest absolute Gasteiger partial charge is 0.407 e. The fourth-order valence-corrected chi connectivity index (χ4v) is 8.93. The van der Waals surface area contributed by atoms with Gasteiger partial charge in [0.05, 0.1) is 17.8 Å². The van der Waals surface area contributed by atoms with E-state index in [-0.39, 0.29) is 99.1 Å². The van der Waals surface area contributed by atoms with E-state index >= 15 is 4.39 Å². The summed E-state index contributed by atoms with van der Waals surface area (Å²) in [6.45, 7) is 9.19. The molecule has 0 saturated heterocycles. The van der Waals surface area contributed by atoms with Crippen LogP contribution in [0.2, 0.25) is 0 Å². The van der Waals surface area contributed by atoms with Gasteiger partial charge in [0.1, 0.15) is 30.7 Å². The number of ether oxygens (including phenoxy) is 1. The van der Waals surface area contributed by atoms with Crippen molar-refractivity contribution in [2.75, 3.05) is 38.1 Å². The minimum Gasteiger partial charge on any atom is -0.445 e. The lowest BCUT2D eigenvalue weighted by Gasteiger charge is -2.40. The van der Waals surface area contributed by atoms with Crippen LogP contribution in [-0.2, 0) is 46.7 Å². The lowest BCUT2D eigenvalue weighted by molar-refractivity contribution is -0.140. The first-order chi connectivity index (χ1) is 36.6. The fraction of sp³-hybridized carbons (Fsp3) is 0.446. The highest BCUT2D eigenvalue weighted by Gasteiger charge is 2.38. The Kier molecular flexibility index (Phi) is 22.5. The summed E-state index contributed by atoms with van der Waals surface area (Å²) in [5.41, 5.74) is 6.52. The van der Waals surface area contributed by atoms with Crippen LogP contribution in [0.5, 0.6) is 0 Å². The fourth-order valence-electron chi connectivity index (χ4n) is 8.93. The average Bonchev–Trinajstić information content (AvgIpc) is 3.97. The van der Waals surface area contributed by atoms with E-state index in [0.717, 1.165) is 28.7 Å². The van der Waals surface area contributed by atoms with Crippen molar-refractivity contribution in [1.29, 1.82) is 0 Å². The number of hydrogen-bond acceptors (Lipinski definition) is 11. The molecule has 0 aliphatic carbocycles. The maximum atomic E-state index is 15.1. The quantitative estimate of drug-likeness (QED) is 0.0246. The second kappa shape index (κ2) is 28.9. The van der Waals surface area contributed by atoms with Gasteiger partial charge in [0, 0.05) is 81.1 Å². The van der Waals surface area contributed by atoms with Crippen LogP contribution in [0, 0.1) is 28.9 Å². The summed E-state index contributed by atoms with van der Waals surface area (Å²) in [7, 11) is 0. The molecule has 19 nitrogen and oxygen atoms in total. The Morgan fingerprint density at radius 2 is 1.53 bits per heavy atom. The lowest BCUT2D eigenvalue weighted by atomic mass is 9.84. The van der Waals surface area contributed by atoms with Gasteiger partial charge in [-0.2, -0.15) is 0 Å². The number of rotatable bonds is 29. The van der Waals surface area contributed by atoms with Gasteiger partial charge < -0.3 is 46.3 Å². The van der Waals surface area contributed by atoms with E-state index in [2.05, 4.69) is 21.3 Å². The third-order valence-electron chi connectivity index (χ3n) is 12.8. The topological polar surface area (TPSA) is 264 Å². The number of imide groups is 1. The number of aliphatic hydroxyl groups excluding tert-OH is 1. The van der Waals surface area contributed by atoms with Crippen LogP contribution in [0.4, 0.5) is 24.1 Å². The molecule has 1 aliphatic rings. The van der Waals surface area contributed by atoms with Crippen molar-refractivity contribution < 1.29 is 57.0 Å². The number of imidazole rings is 1. The molecule has 21 heteroatoms. The molecule has 0 saturated carbocycles. The molecule has 5 rings (SSSR count). The van der Waals surface area contributed by atoms with Crippen molar-refractivity contribution in [3.8, 4) is 11.3 Å². The van der Waals surface area contributed by atoms with Crippen LogP contribution in [0.1, 0.15) is 109 Å². The molecule has 414 valence electrons. The van der Waals surface area contributed by atoms with Crippen molar-refractivity contribution >= 4 is 53.1 Å². The molecule has 1 aromatic heterocycles. The van der Waals surface area contributed by atoms with Gasteiger partial charge in [-0.1, -0.05) is 83.5 Å². The normalized spacial score (nSPS) is 13.5. The number of hydrogen-bond donors (Lipinski definition) is 6. The van der Waals surface area contributed by atoms with Crippen molar-refractivity contribution in [2.45, 2.75) is 111 Å². The van der Waals surface area contributed by atoms with E-state index in [1.54, 1.807) is 48.9 Å². The number of benzene rings is 3. The highest BCUT2D eigenvalue weighted by atomic mass is 19.1. The number of carbonyl (C=O) groups is 8. The molecule has 0 spiro atoms. The van der Waals surface area contributed by atoms with Crippen molar-refractivity contribution in [2.24, 2.45) is 23.0 Å². The molecule has 0 radical (unpaired) electrons. The second-order valence-corrected chi connectivity index (χ2v) is 20.3. The van der Waals surface area contributed by atoms with Crippen molar-refractivity contribution in [1.82, 2.24) is 35.3 Å². The van der Waals surface area contributed by atoms with Crippen LogP contribution in [0.3, 0.4) is 0 Å². The van der Waals surface area contributed by atoms with Gasteiger partial charge in [-0.25, -0.2) is 23.4 Å². The molecule has 0 unspecified atom stereocenters. The number of aromatic nitrogens is 2. The van der Waals surface area contributed by atoms with Crippen LogP contribution in [0.25, 0.3) is 11.3 Å². The number of anilines is 1. The summed E-state index contributed by atoms with van der Waals surface area (Å²) in [5.74, 6) is -4.54. The SMILES string of the molecule is CC(C)[C@H](NC(=O)CCCCCN1C(=O)C=CC1=O)C(=O)C[C@@H](CCCNC(N)=O)C(=O)Nc1ccc(COC(=O)NCCCN(C(=O)CO)[C@@H](c2nc(-c3cc(F)ccc3F)cn2Cc2ccccc2)C(C)(C)C)cc1. The number of Topliss-reactive ketones (excluding diaryl/α,β-unsaturated/α-hetero) is 1. The van der Waals surface area contributed by atoms with Gasteiger partial charge in [-0.05, 0) is 84.9 Å². The summed E-state index contributed by atoms with van der Waals surface area (Å²) in [5, 5.41) is 21.0. The molecule has 2 heterocycles. The molecule has 8 amide bonds. The third-order valence-corrected chi connectivity index (χ3v) is 12.8. The minimum absolute atomic E-state index is 0.0506. The first-order valence-corrected chi connectivity index (χ1v) is 25.8. The molecule has 7 N–H and O–H groups in total. The number of ketones is 1. The Hall–Kier alpha value is -7.81. The zero-order valence-electron chi connectivity index (χ0n) is 44.3. The predicted octanol–water partition coefficient (Wildman–Crippen LogP) is 6.69. The maximum absolute atomic E-state index is 15.1. The van der Waals surface area contributed by atoms with Gasteiger partial charge in [0.15, 0.2) is 5.78 Å². The number of alkyl carbamates (subject to hydrolysis) is 1. The highest BCUT2D eigenvalue weighted by molar-refractivity contribution is 6.12. The van der Waals surface area contributed by atoms with E-state index < -0.39 is 65.6 Å². The number of nitrogens with one attached hydrogen (secondary N) is 4. The van der Waals surface area contributed by atoms with Crippen molar-refractivity contribution in [3.05, 3.63) is 120 Å². The Morgan fingerprint density at radius 3 is 2.18 bits per heavy atom. The molecule has 3 aromatic carbocycles. The Labute approximate surface area is 447 Å². The summed E-state index contributed by atoms with van der Waals surface area (Å²) in [6.07, 6.45) is 5.59. The molecule has 77 heavy (non-hydrogen) atoms. The van der Waals surface area contributed by atoms with Crippen molar-refractivity contribution in [3.63, 3.8) is 0 Å². The number of unbranched alkanes of at least 4 members (excludes halogenated alkanes) is 2. The van der Waals surface area contributed by atoms with Crippen LogP contribution in [0.15, 0.2) is 91.1 Å². The Balaban J connectivity index is 1.15. The molecule has 0 fully saturated rings. The molecule has 1 aliphatic heterocycles. The zero-order valence-corrected chi connectivity index (χ0v) is 44.3. The van der Waals surface area contributed by atoms with E-state index in [0.29, 0.717) is 49.3 Å². The number of urea groups is 1. The van der Waals surface area contributed by atoms with Gasteiger partial charge >= 0.3 is 12.1 Å². The summed E-state index contributed by atoms with van der Waals surface area (Å²) in [6, 6.07) is 16.7. The van der Waals surface area contributed by atoms with Crippen LogP contribution >= 0.6 is 0 Å². The molecule has 4 aromatic rings. The third kappa shape index (κ3) is 18.5. The standard InChI is InChI=1S/C56H71F2N9O10/c1-36(2)50(64-46(70)17-10-7-11-28-66-47(71)24-25-48(66)72)45(69)30-39(16-12-26-60-54(59)75)53(74)62-41-21-18-38(19-22-41)35-77-55(76)61-27-13-29-67(49(73)34-68)51(56(3,4)5)52-63-44(42-31-40(57)20-23-43(42)58)33-65(52)32-37-14-8-6-9-15-37/h6,8-9,14-15,18-25,31,33,36,39,50-51,68H,7,10-13,16-17,26-30,32,34-35H2,1-5H3,(H,61,76)(H,62,74)(H,64,70)(H3,59,60,75)/t39-,50+,51+/m1/s1. The van der Waals surface area contributed by atoms with E-state index in [1.165, 1.54) is 17.1 Å². The zero-order chi connectivity index (χ0) is 56.2. The number of amides is 8. The first kappa shape index (κ1) is 60.1. The first-order valence-electron chi connectivity index (χ1n) is 25.8. The van der Waals surface area contributed by atoms with Crippen LogP contribution < -0.4 is 27.0 Å². The van der Waals surface area contributed by atoms with Gasteiger partial charge in [0.25, 0.3) is 11.8 Å². The summed E-state index contributed by atoms with van der Waals surface area (Å²) in [4.78, 5) is 109. The van der Waals surface area contributed by atoms with Gasteiger partial charge in [-0.3, -0.25) is 33.7 Å². The number of primary amides is 1. The maximum Gasteiger partial charge on any atom is 0.407 e. The summed E-state index contributed by atoms with van der Waals surface area (Å²) >= 11 is 0. The highest BCUT2D eigenvalue weighted by Crippen LogP contribution is 2.39. The number of nitrogens with zero attached hydrogens (tertiary/aromatic N) is 4. The van der Waals surface area contributed by atoms with E-state index in [9.17, 15) is 47.9 Å². The van der Waals surface area contributed by atoms with Gasteiger partial charge in [0.2, 0.25) is 17.7 Å². The molecular formula is C56H71F2N9O10.